The van der Waals surface area contributed by atoms with Crippen molar-refractivity contribution >= 4 is 23.4 Å². The molecule has 0 atom stereocenters. The third-order valence-electron chi connectivity index (χ3n) is 4.08. The third kappa shape index (κ3) is 4.27. The molecule has 3 amide bonds. The molecule has 7 nitrogen and oxygen atoms in total. The van der Waals surface area contributed by atoms with Crippen LogP contribution in [0.3, 0.4) is 0 Å². The van der Waals surface area contributed by atoms with E-state index in [0.717, 1.165) is 11.1 Å². The van der Waals surface area contributed by atoms with E-state index in [1.54, 1.807) is 30.3 Å². The van der Waals surface area contributed by atoms with Crippen molar-refractivity contribution in [2.24, 2.45) is 0 Å². The highest BCUT2D eigenvalue weighted by Gasteiger charge is 2.16. The number of hydrazine groups is 1. The number of carbonyl (C=O) groups excluding carboxylic acids is 3. The maximum absolute atomic E-state index is 12.5. The van der Waals surface area contributed by atoms with Crippen molar-refractivity contribution in [3.8, 4) is 0 Å². The minimum atomic E-state index is -0.562. The molecule has 0 aliphatic carbocycles. The zero-order valence-electron chi connectivity index (χ0n) is 15.4. The molecule has 3 rings (SSSR count). The molecule has 0 spiro atoms. The van der Waals surface area contributed by atoms with Crippen molar-refractivity contribution in [3.05, 3.63) is 88.9 Å². The smallest absolute Gasteiger partial charge is 0.291 e. The van der Waals surface area contributed by atoms with Crippen LogP contribution in [0, 0.1) is 13.8 Å². The Labute approximate surface area is 161 Å². The fourth-order valence-electron chi connectivity index (χ4n) is 2.70. The van der Waals surface area contributed by atoms with Crippen molar-refractivity contribution < 1.29 is 18.8 Å². The lowest BCUT2D eigenvalue weighted by atomic mass is 10.1. The molecule has 2 aromatic carbocycles. The molecule has 0 fully saturated rings. The lowest BCUT2D eigenvalue weighted by molar-refractivity contribution is 0.0846. The van der Waals surface area contributed by atoms with Gasteiger partial charge in [-0.05, 0) is 49.7 Å². The normalized spacial score (nSPS) is 10.2. The molecule has 0 aliphatic rings. The summed E-state index contributed by atoms with van der Waals surface area (Å²) >= 11 is 0. The number of hydrogen-bond acceptors (Lipinski definition) is 4. The third-order valence-corrected chi connectivity index (χ3v) is 4.08. The largest absolute Gasteiger partial charge is 0.459 e. The predicted octanol–water partition coefficient (Wildman–Crippen LogP) is 3.22. The minimum Gasteiger partial charge on any atom is -0.459 e. The molecule has 0 saturated heterocycles. The van der Waals surface area contributed by atoms with Crippen LogP contribution in [0.5, 0.6) is 0 Å². The van der Waals surface area contributed by atoms with Crippen molar-refractivity contribution in [2.75, 3.05) is 5.32 Å². The van der Waals surface area contributed by atoms with Gasteiger partial charge in [-0.1, -0.05) is 29.8 Å². The molecule has 28 heavy (non-hydrogen) atoms. The quantitative estimate of drug-likeness (QED) is 0.608. The molecule has 0 saturated carbocycles. The lowest BCUT2D eigenvalue weighted by Crippen LogP contribution is -2.42. The highest BCUT2D eigenvalue weighted by Crippen LogP contribution is 2.16. The summed E-state index contributed by atoms with van der Waals surface area (Å²) in [6.45, 7) is 3.76. The zero-order valence-corrected chi connectivity index (χ0v) is 15.4. The second-order valence-corrected chi connectivity index (χ2v) is 6.20. The number of amides is 3. The number of carbonyl (C=O) groups is 3. The number of hydrogen-bond donors (Lipinski definition) is 3. The van der Waals surface area contributed by atoms with Gasteiger partial charge in [0.15, 0.2) is 5.76 Å². The Hall–Kier alpha value is -3.87. The maximum Gasteiger partial charge on any atom is 0.291 e. The number of aryl methyl sites for hydroxylation is 2. The summed E-state index contributed by atoms with van der Waals surface area (Å²) < 4.78 is 5.05. The van der Waals surface area contributed by atoms with Gasteiger partial charge in [0.05, 0.1) is 17.5 Å². The number of furan rings is 1. The average Bonchev–Trinajstić information content (AvgIpc) is 3.21. The monoisotopic (exact) mass is 377 g/mol. The van der Waals surface area contributed by atoms with Crippen molar-refractivity contribution in [1.82, 2.24) is 10.9 Å². The SMILES string of the molecule is Cc1ccc(C(=O)NNC(=O)c2ccccc2NC(=O)c2ccco2)c(C)c1. The van der Waals surface area contributed by atoms with E-state index in [1.165, 1.54) is 18.4 Å². The number of anilines is 1. The van der Waals surface area contributed by atoms with Gasteiger partial charge in [-0.15, -0.1) is 0 Å². The maximum atomic E-state index is 12.5. The number of para-hydroxylation sites is 1. The number of benzene rings is 2. The predicted molar refractivity (Wildman–Crippen MR) is 104 cm³/mol. The Bertz CT molecular complexity index is 1030. The zero-order chi connectivity index (χ0) is 20.1. The molecule has 0 aliphatic heterocycles. The van der Waals surface area contributed by atoms with E-state index in [2.05, 4.69) is 16.2 Å². The summed E-state index contributed by atoms with van der Waals surface area (Å²) in [5, 5.41) is 2.62. The van der Waals surface area contributed by atoms with Gasteiger partial charge >= 0.3 is 0 Å². The van der Waals surface area contributed by atoms with Crippen LogP contribution in [0.15, 0.2) is 65.3 Å². The Morgan fingerprint density at radius 1 is 0.786 bits per heavy atom. The molecule has 0 unspecified atom stereocenters. The van der Waals surface area contributed by atoms with E-state index >= 15 is 0 Å². The van der Waals surface area contributed by atoms with Gasteiger partial charge in [0.1, 0.15) is 0 Å². The van der Waals surface area contributed by atoms with Gasteiger partial charge in [0, 0.05) is 5.56 Å². The summed E-state index contributed by atoms with van der Waals surface area (Å²) in [5.74, 6) is -1.35. The van der Waals surface area contributed by atoms with E-state index in [1.807, 2.05) is 26.0 Å². The van der Waals surface area contributed by atoms with E-state index in [9.17, 15) is 14.4 Å². The minimum absolute atomic E-state index is 0.123. The molecule has 7 heteroatoms. The molecular formula is C21H19N3O4. The molecule has 3 aromatic rings. The van der Waals surface area contributed by atoms with E-state index < -0.39 is 17.7 Å². The first-order chi connectivity index (χ1) is 13.5. The van der Waals surface area contributed by atoms with Crippen LogP contribution in [-0.2, 0) is 0 Å². The Morgan fingerprint density at radius 2 is 1.50 bits per heavy atom. The Balaban J connectivity index is 1.69. The summed E-state index contributed by atoms with van der Waals surface area (Å²) in [7, 11) is 0. The summed E-state index contributed by atoms with van der Waals surface area (Å²) in [6, 6.07) is 15.0. The molecular weight excluding hydrogens is 358 g/mol. The molecule has 1 aromatic heterocycles. The van der Waals surface area contributed by atoms with Gasteiger partial charge in [-0.25, -0.2) is 0 Å². The van der Waals surface area contributed by atoms with Crippen LogP contribution in [-0.4, -0.2) is 17.7 Å². The first-order valence-corrected chi connectivity index (χ1v) is 8.57. The highest BCUT2D eigenvalue weighted by molar-refractivity contribution is 6.08. The topological polar surface area (TPSA) is 100 Å². The van der Waals surface area contributed by atoms with Crippen molar-refractivity contribution in [2.45, 2.75) is 13.8 Å². The summed E-state index contributed by atoms with van der Waals surface area (Å²) in [6.07, 6.45) is 1.39. The molecule has 3 N–H and O–H groups in total. The first-order valence-electron chi connectivity index (χ1n) is 8.57. The number of nitrogens with one attached hydrogen (secondary N) is 3. The van der Waals surface area contributed by atoms with Gasteiger partial charge in [0.25, 0.3) is 17.7 Å². The Morgan fingerprint density at radius 3 is 2.18 bits per heavy atom. The van der Waals surface area contributed by atoms with Crippen LogP contribution in [0.4, 0.5) is 5.69 Å². The Kier molecular flexibility index (Phi) is 5.55. The van der Waals surface area contributed by atoms with Gasteiger partial charge in [-0.2, -0.15) is 0 Å². The van der Waals surface area contributed by atoms with Gasteiger partial charge in [0.2, 0.25) is 0 Å². The second kappa shape index (κ2) is 8.22. The standard InChI is InChI=1S/C21H19N3O4/c1-13-9-10-15(14(2)12-13)19(25)23-24-20(26)16-6-3-4-7-17(16)22-21(27)18-8-5-11-28-18/h3-12H,1-2H3,(H,22,27)(H,23,25)(H,24,26). The average molecular weight is 377 g/mol. The van der Waals surface area contributed by atoms with Gasteiger partial charge in [-0.3, -0.25) is 25.2 Å². The van der Waals surface area contributed by atoms with Crippen molar-refractivity contribution in [1.29, 1.82) is 0 Å². The van der Waals surface area contributed by atoms with Crippen molar-refractivity contribution in [3.63, 3.8) is 0 Å². The summed E-state index contributed by atoms with van der Waals surface area (Å²) in [5.41, 5.74) is 7.57. The lowest BCUT2D eigenvalue weighted by Gasteiger charge is -2.12. The molecule has 0 bridgehead atoms. The van der Waals surface area contributed by atoms with Crippen LogP contribution >= 0.6 is 0 Å². The first kappa shape index (κ1) is 18.9. The van der Waals surface area contributed by atoms with E-state index in [0.29, 0.717) is 11.3 Å². The molecule has 142 valence electrons. The van der Waals surface area contributed by atoms with Crippen LogP contribution in [0.2, 0.25) is 0 Å². The van der Waals surface area contributed by atoms with Gasteiger partial charge < -0.3 is 9.73 Å². The van der Waals surface area contributed by atoms with E-state index in [-0.39, 0.29) is 11.3 Å². The fourth-order valence-corrected chi connectivity index (χ4v) is 2.70. The number of rotatable bonds is 4. The highest BCUT2D eigenvalue weighted by atomic mass is 16.3. The molecule has 1 heterocycles. The molecule has 0 radical (unpaired) electrons. The van der Waals surface area contributed by atoms with Crippen LogP contribution in [0.1, 0.15) is 42.4 Å². The second-order valence-electron chi connectivity index (χ2n) is 6.20. The van der Waals surface area contributed by atoms with Crippen LogP contribution < -0.4 is 16.2 Å². The van der Waals surface area contributed by atoms with Crippen LogP contribution in [0.25, 0.3) is 0 Å². The fraction of sp³-hybridized carbons (Fsp3) is 0.0952. The van der Waals surface area contributed by atoms with E-state index in [4.69, 9.17) is 4.42 Å². The summed E-state index contributed by atoms with van der Waals surface area (Å²) in [4.78, 5) is 37.0.